The zero-order valence-electron chi connectivity index (χ0n) is 6.00. The molecule has 0 N–H and O–H groups in total. The molecule has 0 amide bonds. The predicted octanol–water partition coefficient (Wildman–Crippen LogP) is 4.31. The van der Waals surface area contributed by atoms with E-state index < -0.39 is 0 Å². The lowest BCUT2D eigenvalue weighted by molar-refractivity contribution is 1.30. The topological polar surface area (TPSA) is 0 Å². The first-order valence-electron chi connectivity index (χ1n) is 3.16. The Labute approximate surface area is 88.2 Å². The molecule has 1 aromatic rings. The zero-order valence-corrected chi connectivity index (χ0v) is 9.92. The van der Waals surface area contributed by atoms with Crippen LogP contribution in [0.15, 0.2) is 16.6 Å². The molecule has 1 rings (SSSR count). The summed E-state index contributed by atoms with van der Waals surface area (Å²) in [6, 6.07) is 3.92. The summed E-state index contributed by atoms with van der Waals surface area (Å²) in [5.41, 5.74) is 2.47. The molecule has 0 saturated carbocycles. The quantitative estimate of drug-likeness (QED) is 0.678. The molecule has 0 aromatic heterocycles. The highest BCUT2D eigenvalue weighted by Gasteiger charge is 2.03. The fourth-order valence-electron chi connectivity index (χ4n) is 0.837. The van der Waals surface area contributed by atoms with Crippen molar-refractivity contribution in [2.24, 2.45) is 0 Å². The van der Waals surface area contributed by atoms with Gasteiger partial charge in [0.15, 0.2) is 0 Å². The Morgan fingerprint density at radius 1 is 1.45 bits per heavy atom. The molecule has 0 heterocycles. The van der Waals surface area contributed by atoms with Gasteiger partial charge in [-0.3, -0.25) is 0 Å². The normalized spacial score (nSPS) is 10.2. The van der Waals surface area contributed by atoms with Crippen molar-refractivity contribution in [2.75, 3.05) is 0 Å². The second-order valence-electron chi connectivity index (χ2n) is 2.28. The third-order valence-electron chi connectivity index (χ3n) is 1.60. The number of hydrogen-bond donors (Lipinski definition) is 0. The Morgan fingerprint density at radius 2 is 2.09 bits per heavy atom. The van der Waals surface area contributed by atoms with E-state index in [1.165, 1.54) is 11.1 Å². The van der Waals surface area contributed by atoms with Crippen molar-refractivity contribution in [2.45, 2.75) is 12.3 Å². The average molecular weight is 298 g/mol. The highest BCUT2D eigenvalue weighted by molar-refractivity contribution is 9.10. The van der Waals surface area contributed by atoms with Crippen LogP contribution in [-0.4, -0.2) is 0 Å². The largest absolute Gasteiger partial charge is 0.0876 e. The standard InChI is InChI=1S/C8H7Br2Cl/c1-5-6(4-9)2-3-7(11)8(5)10/h2-3H,4H2,1H3. The Hall–Kier alpha value is 0.470. The Balaban J connectivity index is 3.25. The van der Waals surface area contributed by atoms with Crippen molar-refractivity contribution in [3.05, 3.63) is 32.8 Å². The van der Waals surface area contributed by atoms with Gasteiger partial charge in [-0.15, -0.1) is 0 Å². The molecule has 0 saturated heterocycles. The molecule has 11 heavy (non-hydrogen) atoms. The van der Waals surface area contributed by atoms with Crippen molar-refractivity contribution >= 4 is 43.5 Å². The van der Waals surface area contributed by atoms with Gasteiger partial charge in [0.1, 0.15) is 0 Å². The summed E-state index contributed by atoms with van der Waals surface area (Å²) in [5.74, 6) is 0. The van der Waals surface area contributed by atoms with Crippen LogP contribution in [0.1, 0.15) is 11.1 Å². The van der Waals surface area contributed by atoms with Gasteiger partial charge in [0.2, 0.25) is 0 Å². The van der Waals surface area contributed by atoms with Crippen LogP contribution >= 0.6 is 43.5 Å². The number of rotatable bonds is 1. The first-order chi connectivity index (χ1) is 5.16. The lowest BCUT2D eigenvalue weighted by Gasteiger charge is -2.05. The van der Waals surface area contributed by atoms with Gasteiger partial charge < -0.3 is 0 Å². The summed E-state index contributed by atoms with van der Waals surface area (Å²) < 4.78 is 0.996. The molecule has 0 nitrogen and oxygen atoms in total. The van der Waals surface area contributed by atoms with E-state index in [-0.39, 0.29) is 0 Å². The van der Waals surface area contributed by atoms with E-state index in [9.17, 15) is 0 Å². The number of alkyl halides is 1. The maximum Gasteiger partial charge on any atom is 0.0550 e. The highest BCUT2D eigenvalue weighted by Crippen LogP contribution is 2.29. The summed E-state index contributed by atoms with van der Waals surface area (Å²) >= 11 is 12.7. The monoisotopic (exact) mass is 296 g/mol. The van der Waals surface area contributed by atoms with Gasteiger partial charge >= 0.3 is 0 Å². The van der Waals surface area contributed by atoms with Crippen LogP contribution in [0.4, 0.5) is 0 Å². The minimum absolute atomic E-state index is 0.771. The van der Waals surface area contributed by atoms with Gasteiger partial charge in [-0.25, -0.2) is 0 Å². The molecule has 0 bridgehead atoms. The number of hydrogen-bond acceptors (Lipinski definition) is 0. The molecule has 0 aliphatic rings. The maximum absolute atomic E-state index is 5.88. The molecule has 0 aliphatic heterocycles. The fourth-order valence-corrected chi connectivity index (χ4v) is 2.04. The first-order valence-corrected chi connectivity index (χ1v) is 5.45. The Kier molecular flexibility index (Phi) is 3.41. The summed E-state index contributed by atoms with van der Waals surface area (Å²) in [6.45, 7) is 2.05. The summed E-state index contributed by atoms with van der Waals surface area (Å²) in [4.78, 5) is 0. The molecular weight excluding hydrogens is 291 g/mol. The van der Waals surface area contributed by atoms with Gasteiger partial charge in [0, 0.05) is 9.80 Å². The molecule has 0 spiro atoms. The third-order valence-corrected chi connectivity index (χ3v) is 3.76. The smallest absolute Gasteiger partial charge is 0.0550 e. The second-order valence-corrected chi connectivity index (χ2v) is 4.04. The molecule has 60 valence electrons. The van der Waals surface area contributed by atoms with Gasteiger partial charge in [-0.1, -0.05) is 33.6 Å². The SMILES string of the molecule is Cc1c(CBr)ccc(Cl)c1Br. The minimum Gasteiger partial charge on any atom is -0.0876 e. The van der Waals surface area contributed by atoms with Crippen molar-refractivity contribution in [1.82, 2.24) is 0 Å². The van der Waals surface area contributed by atoms with E-state index in [4.69, 9.17) is 11.6 Å². The molecule has 0 aliphatic carbocycles. The van der Waals surface area contributed by atoms with Crippen LogP contribution in [0.5, 0.6) is 0 Å². The first kappa shape index (κ1) is 9.56. The van der Waals surface area contributed by atoms with E-state index >= 15 is 0 Å². The lowest BCUT2D eigenvalue weighted by Crippen LogP contribution is -1.85. The fraction of sp³-hybridized carbons (Fsp3) is 0.250. The van der Waals surface area contributed by atoms with E-state index in [1.807, 2.05) is 19.1 Å². The third kappa shape index (κ3) is 1.98. The van der Waals surface area contributed by atoms with Crippen molar-refractivity contribution in [3.8, 4) is 0 Å². The van der Waals surface area contributed by atoms with Crippen LogP contribution < -0.4 is 0 Å². The van der Waals surface area contributed by atoms with Gasteiger partial charge in [-0.2, -0.15) is 0 Å². The van der Waals surface area contributed by atoms with Crippen molar-refractivity contribution < 1.29 is 0 Å². The second kappa shape index (κ2) is 3.92. The summed E-state index contributed by atoms with van der Waals surface area (Å²) in [6.07, 6.45) is 0. The van der Waals surface area contributed by atoms with Crippen LogP contribution in [0, 0.1) is 6.92 Å². The molecule has 1 aromatic carbocycles. The molecule has 0 radical (unpaired) electrons. The van der Waals surface area contributed by atoms with E-state index in [2.05, 4.69) is 31.9 Å². The molecule has 0 unspecified atom stereocenters. The summed E-state index contributed by atoms with van der Waals surface area (Å²) in [5, 5.41) is 1.64. The number of benzene rings is 1. The summed E-state index contributed by atoms with van der Waals surface area (Å²) in [7, 11) is 0. The Bertz CT molecular complexity index is 271. The van der Waals surface area contributed by atoms with Gasteiger partial charge in [-0.05, 0) is 40.0 Å². The molecule has 0 fully saturated rings. The molecule has 0 atom stereocenters. The van der Waals surface area contributed by atoms with Crippen LogP contribution in [0.3, 0.4) is 0 Å². The van der Waals surface area contributed by atoms with Gasteiger partial charge in [0.25, 0.3) is 0 Å². The van der Waals surface area contributed by atoms with Crippen molar-refractivity contribution in [1.29, 1.82) is 0 Å². The maximum atomic E-state index is 5.88. The van der Waals surface area contributed by atoms with Gasteiger partial charge in [0.05, 0.1) is 5.02 Å². The number of halogens is 3. The molecule has 3 heteroatoms. The average Bonchev–Trinajstić information content (AvgIpc) is 2.01. The van der Waals surface area contributed by atoms with Crippen LogP contribution in [0.25, 0.3) is 0 Å². The van der Waals surface area contributed by atoms with E-state index in [0.717, 1.165) is 14.8 Å². The highest BCUT2D eigenvalue weighted by atomic mass is 79.9. The predicted molar refractivity (Wildman–Crippen MR) is 56.5 cm³/mol. The van der Waals surface area contributed by atoms with E-state index in [1.54, 1.807) is 0 Å². The molecular formula is C8H7Br2Cl. The van der Waals surface area contributed by atoms with Crippen molar-refractivity contribution in [3.63, 3.8) is 0 Å². The lowest BCUT2D eigenvalue weighted by atomic mass is 10.1. The zero-order chi connectivity index (χ0) is 8.43. The van der Waals surface area contributed by atoms with E-state index in [0.29, 0.717) is 0 Å². The Morgan fingerprint density at radius 3 is 2.64 bits per heavy atom. The van der Waals surface area contributed by atoms with Crippen LogP contribution in [0.2, 0.25) is 5.02 Å². The minimum atomic E-state index is 0.771. The van der Waals surface area contributed by atoms with Crippen LogP contribution in [-0.2, 0) is 5.33 Å².